The van der Waals surface area contributed by atoms with Gasteiger partial charge in [0.05, 0.1) is 0 Å². The minimum Gasteiger partial charge on any atom is -0.477 e. The van der Waals surface area contributed by atoms with Crippen molar-refractivity contribution in [3.05, 3.63) is 40.8 Å². The number of carbonyl (C=O) groups is 1. The van der Waals surface area contributed by atoms with Crippen LogP contribution in [0.4, 0.5) is 0 Å². The standard InChI is InChI=1S/C16H18N2O2/c1-10-6-7-12(9-11(10)2)14-15(16(19)20)18-8-4-3-5-13(18)17-14/h6-7,9H,3-5,8H2,1-2H3,(H,19,20). The van der Waals surface area contributed by atoms with Crippen LogP contribution in [0.25, 0.3) is 11.3 Å². The molecule has 0 amide bonds. The van der Waals surface area contributed by atoms with E-state index < -0.39 is 5.97 Å². The Balaban J connectivity index is 2.19. The highest BCUT2D eigenvalue weighted by Gasteiger charge is 2.25. The highest BCUT2D eigenvalue weighted by molar-refractivity contribution is 5.93. The second-order valence-electron chi connectivity index (χ2n) is 5.44. The van der Waals surface area contributed by atoms with E-state index in [2.05, 4.69) is 11.9 Å². The SMILES string of the molecule is Cc1ccc(-c2nc3n(c2C(=O)O)CCCC3)cc1C. The maximum Gasteiger partial charge on any atom is 0.354 e. The summed E-state index contributed by atoms with van der Waals surface area (Å²) in [5.41, 5.74) is 4.20. The van der Waals surface area contributed by atoms with Gasteiger partial charge in [-0.3, -0.25) is 0 Å². The third kappa shape index (κ3) is 2.01. The van der Waals surface area contributed by atoms with Gasteiger partial charge in [-0.1, -0.05) is 12.1 Å². The summed E-state index contributed by atoms with van der Waals surface area (Å²) in [5.74, 6) is 0.0146. The van der Waals surface area contributed by atoms with Crippen molar-refractivity contribution in [2.45, 2.75) is 39.7 Å². The van der Waals surface area contributed by atoms with Gasteiger partial charge in [0.1, 0.15) is 11.5 Å². The number of aromatic nitrogens is 2. The monoisotopic (exact) mass is 270 g/mol. The van der Waals surface area contributed by atoms with Crippen LogP contribution < -0.4 is 0 Å². The molecule has 4 heteroatoms. The molecule has 2 heterocycles. The van der Waals surface area contributed by atoms with Gasteiger partial charge in [-0.25, -0.2) is 9.78 Å². The summed E-state index contributed by atoms with van der Waals surface area (Å²) in [4.78, 5) is 16.2. The summed E-state index contributed by atoms with van der Waals surface area (Å²) in [6.07, 6.45) is 2.98. The molecule has 0 saturated carbocycles. The molecule has 1 aromatic heterocycles. The van der Waals surface area contributed by atoms with Gasteiger partial charge in [0.25, 0.3) is 0 Å². The lowest BCUT2D eigenvalue weighted by Gasteiger charge is -2.14. The van der Waals surface area contributed by atoms with E-state index in [4.69, 9.17) is 0 Å². The molecule has 0 unspecified atom stereocenters. The molecule has 20 heavy (non-hydrogen) atoms. The molecule has 1 N–H and O–H groups in total. The molecule has 0 bridgehead atoms. The lowest BCUT2D eigenvalue weighted by atomic mass is 10.0. The Morgan fingerprint density at radius 1 is 1.25 bits per heavy atom. The van der Waals surface area contributed by atoms with E-state index in [1.807, 2.05) is 29.7 Å². The first-order valence-corrected chi connectivity index (χ1v) is 6.98. The number of carboxylic acids is 1. The summed E-state index contributed by atoms with van der Waals surface area (Å²) in [5, 5.41) is 9.53. The second-order valence-corrected chi connectivity index (χ2v) is 5.44. The Labute approximate surface area is 118 Å². The van der Waals surface area contributed by atoms with Crippen LogP contribution in [0.3, 0.4) is 0 Å². The zero-order valence-corrected chi connectivity index (χ0v) is 11.8. The van der Waals surface area contributed by atoms with Crippen molar-refractivity contribution in [3.8, 4) is 11.3 Å². The first-order valence-electron chi connectivity index (χ1n) is 6.98. The highest BCUT2D eigenvalue weighted by atomic mass is 16.4. The summed E-state index contributed by atoms with van der Waals surface area (Å²) in [6, 6.07) is 6.01. The number of hydrogen-bond acceptors (Lipinski definition) is 2. The van der Waals surface area contributed by atoms with Gasteiger partial charge in [0.2, 0.25) is 0 Å². The molecule has 2 aromatic rings. The number of nitrogens with zero attached hydrogens (tertiary/aromatic N) is 2. The van der Waals surface area contributed by atoms with Crippen molar-refractivity contribution in [1.82, 2.24) is 9.55 Å². The second kappa shape index (κ2) is 4.78. The lowest BCUT2D eigenvalue weighted by Crippen LogP contribution is -2.16. The molecule has 1 aliphatic heterocycles. The molecular weight excluding hydrogens is 252 g/mol. The van der Waals surface area contributed by atoms with E-state index in [9.17, 15) is 9.90 Å². The molecule has 4 nitrogen and oxygen atoms in total. The van der Waals surface area contributed by atoms with E-state index >= 15 is 0 Å². The van der Waals surface area contributed by atoms with Gasteiger partial charge in [0, 0.05) is 18.5 Å². The number of hydrogen-bond donors (Lipinski definition) is 1. The van der Waals surface area contributed by atoms with Gasteiger partial charge in [-0.05, 0) is 43.9 Å². The fourth-order valence-corrected chi connectivity index (χ4v) is 2.79. The number of fused-ring (bicyclic) bond motifs is 1. The predicted octanol–water partition coefficient (Wildman–Crippen LogP) is 3.20. The fourth-order valence-electron chi connectivity index (χ4n) is 2.79. The van der Waals surface area contributed by atoms with E-state index in [-0.39, 0.29) is 0 Å². The number of imidazole rings is 1. The number of benzene rings is 1. The molecule has 0 atom stereocenters. The van der Waals surface area contributed by atoms with E-state index in [1.165, 1.54) is 5.56 Å². The summed E-state index contributed by atoms with van der Waals surface area (Å²) < 4.78 is 1.87. The Kier molecular flexibility index (Phi) is 3.08. The predicted molar refractivity (Wildman–Crippen MR) is 77.0 cm³/mol. The number of carboxylic acid groups (broad SMARTS) is 1. The van der Waals surface area contributed by atoms with Crippen LogP contribution in [0.5, 0.6) is 0 Å². The molecule has 0 saturated heterocycles. The van der Waals surface area contributed by atoms with Gasteiger partial charge >= 0.3 is 5.97 Å². The molecule has 104 valence electrons. The van der Waals surface area contributed by atoms with Crippen LogP contribution in [0.2, 0.25) is 0 Å². The Bertz CT molecular complexity index is 686. The molecule has 0 spiro atoms. The molecule has 1 aliphatic rings. The molecule has 0 fully saturated rings. The topological polar surface area (TPSA) is 55.1 Å². The normalized spacial score (nSPS) is 14.1. The van der Waals surface area contributed by atoms with E-state index in [0.29, 0.717) is 11.4 Å². The zero-order chi connectivity index (χ0) is 14.3. The summed E-state index contributed by atoms with van der Waals surface area (Å²) in [7, 11) is 0. The molecule has 0 aliphatic carbocycles. The Hall–Kier alpha value is -2.10. The van der Waals surface area contributed by atoms with Gasteiger partial charge in [0.15, 0.2) is 5.69 Å². The van der Waals surface area contributed by atoms with Crippen molar-refractivity contribution < 1.29 is 9.90 Å². The van der Waals surface area contributed by atoms with Crippen molar-refractivity contribution in [2.75, 3.05) is 0 Å². The number of aromatic carboxylic acids is 1. The van der Waals surface area contributed by atoms with Crippen LogP contribution in [-0.4, -0.2) is 20.6 Å². The van der Waals surface area contributed by atoms with Crippen LogP contribution >= 0.6 is 0 Å². The van der Waals surface area contributed by atoms with E-state index in [1.54, 1.807) is 0 Å². The molecule has 0 radical (unpaired) electrons. The van der Waals surface area contributed by atoms with Crippen molar-refractivity contribution >= 4 is 5.97 Å². The first-order chi connectivity index (χ1) is 9.58. The third-order valence-electron chi connectivity index (χ3n) is 4.06. The average molecular weight is 270 g/mol. The quantitative estimate of drug-likeness (QED) is 0.911. The lowest BCUT2D eigenvalue weighted by molar-refractivity contribution is 0.0684. The maximum atomic E-state index is 11.6. The highest BCUT2D eigenvalue weighted by Crippen LogP contribution is 2.29. The molecule has 1 aromatic carbocycles. The van der Waals surface area contributed by atoms with Gasteiger partial charge in [-0.15, -0.1) is 0 Å². The Morgan fingerprint density at radius 2 is 2.05 bits per heavy atom. The summed E-state index contributed by atoms with van der Waals surface area (Å²) >= 11 is 0. The van der Waals surface area contributed by atoms with Crippen LogP contribution in [0.1, 0.15) is 40.3 Å². The number of aryl methyl sites for hydroxylation is 3. The smallest absolute Gasteiger partial charge is 0.354 e. The fraction of sp³-hybridized carbons (Fsp3) is 0.375. The number of rotatable bonds is 2. The average Bonchev–Trinajstić information content (AvgIpc) is 2.81. The van der Waals surface area contributed by atoms with Crippen molar-refractivity contribution in [1.29, 1.82) is 0 Å². The van der Waals surface area contributed by atoms with Crippen molar-refractivity contribution in [2.24, 2.45) is 0 Å². The minimum absolute atomic E-state index is 0.336. The van der Waals surface area contributed by atoms with Crippen LogP contribution in [0.15, 0.2) is 18.2 Å². The first kappa shape index (κ1) is 12.9. The Morgan fingerprint density at radius 3 is 2.75 bits per heavy atom. The maximum absolute atomic E-state index is 11.6. The molecular formula is C16H18N2O2. The third-order valence-corrected chi connectivity index (χ3v) is 4.06. The molecule has 3 rings (SSSR count). The zero-order valence-electron chi connectivity index (χ0n) is 11.8. The van der Waals surface area contributed by atoms with Crippen molar-refractivity contribution in [3.63, 3.8) is 0 Å². The largest absolute Gasteiger partial charge is 0.477 e. The van der Waals surface area contributed by atoms with Crippen LogP contribution in [0, 0.1) is 13.8 Å². The van der Waals surface area contributed by atoms with Gasteiger partial charge < -0.3 is 9.67 Å². The van der Waals surface area contributed by atoms with Gasteiger partial charge in [-0.2, -0.15) is 0 Å². The van der Waals surface area contributed by atoms with E-state index in [0.717, 1.165) is 42.8 Å². The minimum atomic E-state index is -0.890. The van der Waals surface area contributed by atoms with Crippen LogP contribution in [-0.2, 0) is 13.0 Å². The summed E-state index contributed by atoms with van der Waals surface area (Å²) in [6.45, 7) is 4.85.